The molecule has 3 atom stereocenters. The smallest absolute Gasteiger partial charge is 0.0927 e. The zero-order valence-electron chi connectivity index (χ0n) is 8.54. The highest BCUT2D eigenvalue weighted by atomic mass is 16.5. The highest BCUT2D eigenvalue weighted by Gasteiger charge is 2.42. The van der Waals surface area contributed by atoms with Gasteiger partial charge in [0, 0.05) is 12.5 Å². The van der Waals surface area contributed by atoms with E-state index in [4.69, 9.17) is 10.5 Å². The van der Waals surface area contributed by atoms with E-state index < -0.39 is 0 Å². The lowest BCUT2D eigenvalue weighted by atomic mass is 9.88. The molecule has 0 bridgehead atoms. The van der Waals surface area contributed by atoms with Gasteiger partial charge in [-0.15, -0.1) is 0 Å². The lowest BCUT2D eigenvalue weighted by Crippen LogP contribution is -2.52. The van der Waals surface area contributed by atoms with Gasteiger partial charge in [0.1, 0.15) is 0 Å². The molecule has 0 saturated carbocycles. The number of hydrazone groups is 1. The first-order chi connectivity index (χ1) is 7.40. The molecule has 0 amide bonds. The van der Waals surface area contributed by atoms with Crippen molar-refractivity contribution in [2.24, 2.45) is 16.8 Å². The van der Waals surface area contributed by atoms with Crippen LogP contribution in [0, 0.1) is 5.92 Å². The van der Waals surface area contributed by atoms with Crippen LogP contribution in [0.4, 0.5) is 0 Å². The number of hydrogen-bond donors (Lipinski definition) is 1. The number of ether oxygens (including phenoxy) is 1. The quantitative estimate of drug-likeness (QED) is 0.662. The molecule has 15 heavy (non-hydrogen) atoms. The molecule has 0 aromatic heterocycles. The van der Waals surface area contributed by atoms with Gasteiger partial charge in [-0.3, -0.25) is 5.01 Å². The Morgan fingerprint density at radius 1 is 1.53 bits per heavy atom. The van der Waals surface area contributed by atoms with Gasteiger partial charge in [-0.05, 0) is 6.08 Å². The zero-order chi connectivity index (χ0) is 10.3. The second-order valence-corrected chi connectivity index (χ2v) is 4.09. The van der Waals surface area contributed by atoms with Crippen molar-refractivity contribution >= 4 is 5.71 Å². The molecule has 0 aromatic carbocycles. The molecule has 0 spiro atoms. The predicted octanol–water partition coefficient (Wildman–Crippen LogP) is 0.126. The van der Waals surface area contributed by atoms with Crippen LogP contribution < -0.4 is 5.73 Å². The van der Waals surface area contributed by atoms with Crippen molar-refractivity contribution in [3.8, 4) is 0 Å². The van der Waals surface area contributed by atoms with E-state index >= 15 is 0 Å². The highest BCUT2D eigenvalue weighted by Crippen LogP contribution is 2.31. The monoisotopic (exact) mass is 205 g/mol. The highest BCUT2D eigenvalue weighted by molar-refractivity contribution is 6.00. The number of hydrogen-bond acceptors (Lipinski definition) is 4. The summed E-state index contributed by atoms with van der Waals surface area (Å²) in [4.78, 5) is 0. The summed E-state index contributed by atoms with van der Waals surface area (Å²) in [6, 6.07) is 0.306. The minimum Gasteiger partial charge on any atom is -0.373 e. The van der Waals surface area contributed by atoms with Gasteiger partial charge in [0.25, 0.3) is 0 Å². The van der Waals surface area contributed by atoms with Crippen LogP contribution in [-0.2, 0) is 4.74 Å². The first-order valence-corrected chi connectivity index (χ1v) is 5.42. The van der Waals surface area contributed by atoms with Gasteiger partial charge in [0.15, 0.2) is 0 Å². The van der Waals surface area contributed by atoms with Crippen molar-refractivity contribution < 1.29 is 4.74 Å². The topological polar surface area (TPSA) is 50.9 Å². The van der Waals surface area contributed by atoms with Crippen molar-refractivity contribution in [1.29, 1.82) is 0 Å². The number of morpholine rings is 1. The van der Waals surface area contributed by atoms with Gasteiger partial charge in [0.2, 0.25) is 0 Å². The molecule has 1 saturated heterocycles. The van der Waals surface area contributed by atoms with E-state index in [1.807, 2.05) is 6.08 Å². The summed E-state index contributed by atoms with van der Waals surface area (Å²) < 4.78 is 5.69. The lowest BCUT2D eigenvalue weighted by molar-refractivity contribution is -0.0633. The van der Waals surface area contributed by atoms with Crippen molar-refractivity contribution in [2.75, 3.05) is 19.7 Å². The van der Waals surface area contributed by atoms with Crippen LogP contribution in [0.25, 0.3) is 0 Å². The molecule has 3 unspecified atom stereocenters. The summed E-state index contributed by atoms with van der Waals surface area (Å²) in [5.74, 6) is 0.365. The molecule has 2 heterocycles. The molecule has 2 aliphatic heterocycles. The zero-order valence-corrected chi connectivity index (χ0v) is 8.54. The molecule has 80 valence electrons. The Balaban J connectivity index is 1.91. The molecule has 0 aromatic rings. The third-order valence-electron chi connectivity index (χ3n) is 3.26. The van der Waals surface area contributed by atoms with E-state index in [0.29, 0.717) is 18.5 Å². The van der Waals surface area contributed by atoms with Gasteiger partial charge >= 0.3 is 0 Å². The van der Waals surface area contributed by atoms with E-state index in [0.717, 1.165) is 18.9 Å². The maximum absolute atomic E-state index is 5.74. The summed E-state index contributed by atoms with van der Waals surface area (Å²) in [6.07, 6.45) is 8.50. The van der Waals surface area contributed by atoms with E-state index in [1.54, 1.807) is 0 Å². The summed E-state index contributed by atoms with van der Waals surface area (Å²) in [7, 11) is 0. The van der Waals surface area contributed by atoms with Gasteiger partial charge in [-0.2, -0.15) is 5.10 Å². The molecule has 2 N–H and O–H groups in total. The largest absolute Gasteiger partial charge is 0.373 e. The van der Waals surface area contributed by atoms with E-state index in [2.05, 4.69) is 28.3 Å². The number of nitrogens with zero attached hydrogens (tertiary/aromatic N) is 2. The van der Waals surface area contributed by atoms with Crippen LogP contribution in [0.1, 0.15) is 0 Å². The Labute approximate surface area is 89.1 Å². The van der Waals surface area contributed by atoms with Gasteiger partial charge in [-0.1, -0.05) is 18.2 Å². The van der Waals surface area contributed by atoms with Crippen molar-refractivity contribution in [2.45, 2.75) is 12.1 Å². The Hall–Kier alpha value is -1.13. The average Bonchev–Trinajstić information content (AvgIpc) is 2.67. The minimum absolute atomic E-state index is 0.112. The molecule has 3 rings (SSSR count). The van der Waals surface area contributed by atoms with Crippen molar-refractivity contribution in [1.82, 2.24) is 5.01 Å². The Kier molecular flexibility index (Phi) is 2.11. The normalized spacial score (nSPS) is 37.5. The fourth-order valence-corrected chi connectivity index (χ4v) is 2.56. The summed E-state index contributed by atoms with van der Waals surface area (Å²) >= 11 is 0. The third-order valence-corrected chi connectivity index (χ3v) is 3.26. The second kappa shape index (κ2) is 3.47. The summed E-state index contributed by atoms with van der Waals surface area (Å²) in [6.45, 7) is 2.18. The molecule has 3 aliphatic rings. The van der Waals surface area contributed by atoms with Crippen LogP contribution >= 0.6 is 0 Å². The van der Waals surface area contributed by atoms with Crippen molar-refractivity contribution in [3.05, 3.63) is 24.3 Å². The predicted molar refractivity (Wildman–Crippen MR) is 58.5 cm³/mol. The van der Waals surface area contributed by atoms with E-state index in [1.165, 1.54) is 0 Å². The molecule has 1 aliphatic carbocycles. The Morgan fingerprint density at radius 2 is 2.47 bits per heavy atom. The number of nitrogens with two attached hydrogens (primary N) is 1. The van der Waals surface area contributed by atoms with Crippen LogP contribution in [0.15, 0.2) is 29.4 Å². The third kappa shape index (κ3) is 1.33. The molecule has 4 nitrogen and oxygen atoms in total. The van der Waals surface area contributed by atoms with Crippen LogP contribution in [-0.4, -0.2) is 42.6 Å². The van der Waals surface area contributed by atoms with E-state index in [9.17, 15) is 0 Å². The summed E-state index contributed by atoms with van der Waals surface area (Å²) in [5.41, 5.74) is 6.88. The average molecular weight is 205 g/mol. The summed E-state index contributed by atoms with van der Waals surface area (Å²) in [5, 5.41) is 6.75. The minimum atomic E-state index is 0.112. The molecular weight excluding hydrogens is 190 g/mol. The first-order valence-electron chi connectivity index (χ1n) is 5.42. The fourth-order valence-electron chi connectivity index (χ4n) is 2.56. The van der Waals surface area contributed by atoms with Crippen LogP contribution in [0.2, 0.25) is 0 Å². The SMILES string of the molecule is NCC1OCCN2N=C3C=CC=CC3C12. The standard InChI is InChI=1S/C11H15N3O/c12-7-10-11-8-3-1-2-4-9(8)13-14(11)5-6-15-10/h1-4,8,10-11H,5-7,12H2. The Bertz CT molecular complexity index is 348. The maximum atomic E-state index is 5.74. The molecule has 0 radical (unpaired) electrons. The van der Waals surface area contributed by atoms with Crippen LogP contribution in [0.3, 0.4) is 0 Å². The Morgan fingerprint density at radius 3 is 3.33 bits per heavy atom. The van der Waals surface area contributed by atoms with Gasteiger partial charge < -0.3 is 10.5 Å². The second-order valence-electron chi connectivity index (χ2n) is 4.09. The number of fused-ring (bicyclic) bond motifs is 3. The molecule has 1 fully saturated rings. The number of rotatable bonds is 1. The van der Waals surface area contributed by atoms with Gasteiger partial charge in [0.05, 0.1) is 31.0 Å². The van der Waals surface area contributed by atoms with Gasteiger partial charge in [-0.25, -0.2) is 0 Å². The lowest BCUT2D eigenvalue weighted by Gasteiger charge is -2.37. The van der Waals surface area contributed by atoms with Crippen LogP contribution in [0.5, 0.6) is 0 Å². The van der Waals surface area contributed by atoms with Crippen molar-refractivity contribution in [3.63, 3.8) is 0 Å². The first kappa shape index (κ1) is 9.12. The maximum Gasteiger partial charge on any atom is 0.0927 e. The molecular formula is C11H15N3O. The fraction of sp³-hybridized carbons (Fsp3) is 0.545. The number of allylic oxidation sites excluding steroid dienone is 3. The molecule has 4 heteroatoms. The van der Waals surface area contributed by atoms with E-state index in [-0.39, 0.29) is 6.10 Å².